The Hall–Kier alpha value is -3.08. The first-order chi connectivity index (χ1) is 16.2. The van der Waals surface area contributed by atoms with Crippen LogP contribution in [0.2, 0.25) is 0 Å². The molecule has 5 rings (SSSR count). The second-order valence-corrected chi connectivity index (χ2v) is 8.50. The molecule has 0 radical (unpaired) electrons. The molecule has 2 saturated heterocycles. The predicted octanol–water partition coefficient (Wildman–Crippen LogP) is 2.16. The molecular weight excluding hydrogens is 422 g/mol. The van der Waals surface area contributed by atoms with Gasteiger partial charge >= 0.3 is 0 Å². The largest absolute Gasteiger partial charge is 0.379 e. The van der Waals surface area contributed by atoms with Crippen LogP contribution in [0.5, 0.6) is 0 Å². The molecule has 0 aliphatic carbocycles. The molecule has 0 amide bonds. The maximum atomic E-state index is 12.6. The molecule has 2 aromatic heterocycles. The molecule has 3 aromatic rings. The van der Waals surface area contributed by atoms with Crippen LogP contribution in [0.3, 0.4) is 0 Å². The Morgan fingerprint density at radius 1 is 1.00 bits per heavy atom. The van der Waals surface area contributed by atoms with Crippen LogP contribution >= 0.6 is 0 Å². The van der Waals surface area contributed by atoms with Crippen LogP contribution < -0.4 is 15.8 Å². The highest BCUT2D eigenvalue weighted by atomic mass is 16.5. The van der Waals surface area contributed by atoms with Gasteiger partial charge in [-0.05, 0) is 30.5 Å². The van der Waals surface area contributed by atoms with Gasteiger partial charge in [0.25, 0.3) is 5.56 Å². The molecule has 4 heterocycles. The zero-order valence-corrected chi connectivity index (χ0v) is 18.5. The lowest BCUT2D eigenvalue weighted by molar-refractivity contribution is -0.0603. The zero-order chi connectivity index (χ0) is 22.6. The van der Waals surface area contributed by atoms with Gasteiger partial charge in [0.05, 0.1) is 19.4 Å². The van der Waals surface area contributed by atoms with Gasteiger partial charge in [0.15, 0.2) is 0 Å². The fraction of sp³-hybridized carbons (Fsp3) is 0.478. The standard InChI is InChI=1S/C23H29N7O3/c31-21-19-18(15-24-28-21)26-23(30-9-3-1-2-4-10-30)27-20(19)25-17-7-5-16(6-8-17)22(32)29-11-13-33-14-12-29/h5-8,15,22,32H,1-4,9-14H2,(H,28,31)(H,25,26,27). The van der Waals surface area contributed by atoms with Crippen molar-refractivity contribution in [1.29, 1.82) is 0 Å². The first kappa shape index (κ1) is 21.7. The molecule has 2 fully saturated rings. The number of aliphatic hydroxyl groups is 1. The highest BCUT2D eigenvalue weighted by molar-refractivity contribution is 5.90. The van der Waals surface area contributed by atoms with Crippen molar-refractivity contribution in [1.82, 2.24) is 25.1 Å². The third kappa shape index (κ3) is 4.82. The second-order valence-electron chi connectivity index (χ2n) is 8.50. The van der Waals surface area contributed by atoms with Crippen LogP contribution in [0, 0.1) is 0 Å². The van der Waals surface area contributed by atoms with Crippen LogP contribution in [0.25, 0.3) is 10.9 Å². The molecule has 3 N–H and O–H groups in total. The summed E-state index contributed by atoms with van der Waals surface area (Å²) in [4.78, 5) is 26.1. The minimum Gasteiger partial charge on any atom is -0.379 e. The molecule has 10 heteroatoms. The summed E-state index contributed by atoms with van der Waals surface area (Å²) in [6, 6.07) is 7.53. The van der Waals surface area contributed by atoms with E-state index in [9.17, 15) is 9.90 Å². The van der Waals surface area contributed by atoms with Gasteiger partial charge in [-0.1, -0.05) is 25.0 Å². The Morgan fingerprint density at radius 3 is 2.45 bits per heavy atom. The summed E-state index contributed by atoms with van der Waals surface area (Å²) in [5.74, 6) is 1.06. The number of aromatic amines is 1. The molecule has 2 aliphatic heterocycles. The number of aromatic nitrogens is 4. The highest BCUT2D eigenvalue weighted by Gasteiger charge is 2.21. The second kappa shape index (κ2) is 9.82. The Labute approximate surface area is 191 Å². The number of fused-ring (bicyclic) bond motifs is 1. The van der Waals surface area contributed by atoms with Crippen LogP contribution in [0.15, 0.2) is 35.3 Å². The van der Waals surface area contributed by atoms with Crippen molar-refractivity contribution in [3.63, 3.8) is 0 Å². The van der Waals surface area contributed by atoms with Gasteiger partial charge in [-0.15, -0.1) is 0 Å². The van der Waals surface area contributed by atoms with Crippen molar-refractivity contribution in [2.24, 2.45) is 0 Å². The maximum Gasteiger partial charge on any atom is 0.277 e. The van der Waals surface area contributed by atoms with E-state index in [4.69, 9.17) is 9.72 Å². The number of hydrogen-bond acceptors (Lipinski definition) is 9. The van der Waals surface area contributed by atoms with E-state index >= 15 is 0 Å². The van der Waals surface area contributed by atoms with Crippen molar-refractivity contribution in [2.75, 3.05) is 49.6 Å². The first-order valence-electron chi connectivity index (χ1n) is 11.6. The zero-order valence-electron chi connectivity index (χ0n) is 18.5. The Balaban J connectivity index is 1.43. The first-order valence-corrected chi connectivity index (χ1v) is 11.6. The van der Waals surface area contributed by atoms with E-state index in [1.165, 1.54) is 12.8 Å². The number of H-pyrrole nitrogens is 1. The lowest BCUT2D eigenvalue weighted by atomic mass is 10.1. The van der Waals surface area contributed by atoms with Crippen molar-refractivity contribution in [3.05, 3.63) is 46.4 Å². The Bertz CT molecular complexity index is 1140. The van der Waals surface area contributed by atoms with Gasteiger partial charge in [-0.2, -0.15) is 10.1 Å². The summed E-state index contributed by atoms with van der Waals surface area (Å²) in [5, 5.41) is 20.7. The molecule has 0 spiro atoms. The molecule has 1 unspecified atom stereocenters. The monoisotopic (exact) mass is 451 g/mol. The molecule has 1 atom stereocenters. The summed E-state index contributed by atoms with van der Waals surface area (Å²) in [6.45, 7) is 4.44. The molecule has 33 heavy (non-hydrogen) atoms. The Morgan fingerprint density at radius 2 is 1.73 bits per heavy atom. The summed E-state index contributed by atoms with van der Waals surface area (Å²) >= 11 is 0. The lowest BCUT2D eigenvalue weighted by Gasteiger charge is -2.31. The lowest BCUT2D eigenvalue weighted by Crippen LogP contribution is -2.38. The van der Waals surface area contributed by atoms with Gasteiger partial charge in [0.2, 0.25) is 5.95 Å². The number of morpholine rings is 1. The summed E-state index contributed by atoms with van der Waals surface area (Å²) in [5.41, 5.74) is 1.75. The van der Waals surface area contributed by atoms with E-state index in [0.717, 1.165) is 37.2 Å². The van der Waals surface area contributed by atoms with Crippen molar-refractivity contribution < 1.29 is 9.84 Å². The number of nitrogens with one attached hydrogen (secondary N) is 2. The number of ether oxygens (including phenoxy) is 1. The molecule has 0 bridgehead atoms. The van der Waals surface area contributed by atoms with E-state index in [1.54, 1.807) is 6.20 Å². The fourth-order valence-electron chi connectivity index (χ4n) is 4.40. The van der Waals surface area contributed by atoms with Crippen molar-refractivity contribution >= 4 is 28.4 Å². The summed E-state index contributed by atoms with van der Waals surface area (Å²) in [6.07, 6.45) is 5.51. The van der Waals surface area contributed by atoms with Gasteiger partial charge in [-0.3, -0.25) is 9.69 Å². The fourth-order valence-corrected chi connectivity index (χ4v) is 4.40. The summed E-state index contributed by atoms with van der Waals surface area (Å²) < 4.78 is 5.37. The van der Waals surface area contributed by atoms with Crippen molar-refractivity contribution in [3.8, 4) is 0 Å². The van der Waals surface area contributed by atoms with Crippen LogP contribution in [-0.4, -0.2) is 69.6 Å². The number of benzene rings is 1. The minimum absolute atomic E-state index is 0.336. The van der Waals surface area contributed by atoms with E-state index in [1.807, 2.05) is 29.2 Å². The quantitative estimate of drug-likeness (QED) is 0.536. The molecule has 10 nitrogen and oxygen atoms in total. The topological polar surface area (TPSA) is 120 Å². The molecule has 174 valence electrons. The average Bonchev–Trinajstić information content (AvgIpc) is 3.14. The Kier molecular flexibility index (Phi) is 6.47. The van der Waals surface area contributed by atoms with Crippen molar-refractivity contribution in [2.45, 2.75) is 31.9 Å². The minimum atomic E-state index is -0.675. The number of aliphatic hydroxyl groups excluding tert-OH is 1. The van der Waals surface area contributed by atoms with Gasteiger partial charge < -0.3 is 20.1 Å². The predicted molar refractivity (Wildman–Crippen MR) is 126 cm³/mol. The van der Waals surface area contributed by atoms with Gasteiger partial charge in [0.1, 0.15) is 22.9 Å². The summed E-state index contributed by atoms with van der Waals surface area (Å²) in [7, 11) is 0. The van der Waals surface area contributed by atoms with Crippen LogP contribution in [0.4, 0.5) is 17.5 Å². The van der Waals surface area contributed by atoms with Crippen LogP contribution in [0.1, 0.15) is 37.5 Å². The SMILES string of the molecule is O=c1[nH]ncc2nc(N3CCCCCC3)nc(Nc3ccc(C(O)N4CCOCC4)cc3)c12. The van der Waals surface area contributed by atoms with E-state index < -0.39 is 6.23 Å². The highest BCUT2D eigenvalue weighted by Crippen LogP contribution is 2.26. The molecule has 1 aromatic carbocycles. The molecular formula is C23H29N7O3. The maximum absolute atomic E-state index is 12.6. The van der Waals surface area contributed by atoms with E-state index in [0.29, 0.717) is 49.0 Å². The van der Waals surface area contributed by atoms with Gasteiger partial charge in [-0.25, -0.2) is 10.1 Å². The third-order valence-electron chi connectivity index (χ3n) is 6.26. The van der Waals surface area contributed by atoms with E-state index in [2.05, 4.69) is 25.4 Å². The molecule has 2 aliphatic rings. The van der Waals surface area contributed by atoms with Crippen LogP contribution in [-0.2, 0) is 4.74 Å². The third-order valence-corrected chi connectivity index (χ3v) is 6.26. The number of rotatable bonds is 5. The number of anilines is 3. The van der Waals surface area contributed by atoms with Gasteiger partial charge in [0, 0.05) is 31.9 Å². The van der Waals surface area contributed by atoms with E-state index in [-0.39, 0.29) is 5.56 Å². The molecule has 0 saturated carbocycles. The number of nitrogens with zero attached hydrogens (tertiary/aromatic N) is 5. The number of hydrogen-bond donors (Lipinski definition) is 3. The smallest absolute Gasteiger partial charge is 0.277 e. The average molecular weight is 452 g/mol. The normalized spacial score (nSPS) is 18.8.